The van der Waals surface area contributed by atoms with Crippen molar-refractivity contribution >= 4 is 0 Å². The molecule has 0 aromatic heterocycles. The van der Waals surface area contributed by atoms with Crippen molar-refractivity contribution in [2.45, 2.75) is 32.5 Å². The van der Waals surface area contributed by atoms with Crippen LogP contribution in [0.25, 0.3) is 0 Å². The van der Waals surface area contributed by atoms with Gasteiger partial charge in [0.15, 0.2) is 0 Å². The summed E-state index contributed by atoms with van der Waals surface area (Å²) in [6, 6.07) is 0. The van der Waals surface area contributed by atoms with Gasteiger partial charge in [0.05, 0.1) is 18.3 Å². The molecule has 1 unspecified atom stereocenters. The van der Waals surface area contributed by atoms with Crippen molar-refractivity contribution in [1.29, 1.82) is 0 Å². The first kappa shape index (κ1) is 11.9. The van der Waals surface area contributed by atoms with Crippen LogP contribution in [-0.4, -0.2) is 49.0 Å². The van der Waals surface area contributed by atoms with Crippen LogP contribution in [0.1, 0.15) is 20.8 Å². The molecule has 0 saturated heterocycles. The fourth-order valence-electron chi connectivity index (χ4n) is 0.913. The smallest absolute Gasteiger partial charge is 0.0824 e. The van der Waals surface area contributed by atoms with Gasteiger partial charge in [0.2, 0.25) is 0 Å². The van der Waals surface area contributed by atoms with E-state index in [1.165, 1.54) is 0 Å². The Kier molecular flexibility index (Phi) is 4.75. The summed E-state index contributed by atoms with van der Waals surface area (Å²) >= 11 is 0. The van der Waals surface area contributed by atoms with Crippen molar-refractivity contribution in [3.63, 3.8) is 0 Å². The summed E-state index contributed by atoms with van der Waals surface area (Å²) in [5.74, 6) is 0. The molecule has 3 nitrogen and oxygen atoms in total. The second kappa shape index (κ2) is 4.80. The Morgan fingerprint density at radius 3 is 2.25 bits per heavy atom. The summed E-state index contributed by atoms with van der Waals surface area (Å²) in [4.78, 5) is 2.06. The highest BCUT2D eigenvalue weighted by Crippen LogP contribution is 2.03. The van der Waals surface area contributed by atoms with Crippen LogP contribution in [-0.2, 0) is 4.74 Å². The van der Waals surface area contributed by atoms with E-state index in [4.69, 9.17) is 4.74 Å². The molecule has 0 spiro atoms. The van der Waals surface area contributed by atoms with Crippen molar-refractivity contribution in [1.82, 2.24) is 4.90 Å². The molecule has 0 heterocycles. The van der Waals surface area contributed by atoms with Crippen molar-refractivity contribution in [3.8, 4) is 0 Å². The summed E-state index contributed by atoms with van der Waals surface area (Å²) in [6.45, 7) is 6.77. The normalized spacial score (nSPS) is 15.2. The Labute approximate surface area is 75.3 Å². The summed E-state index contributed by atoms with van der Waals surface area (Å²) in [5.41, 5.74) is -0.722. The maximum absolute atomic E-state index is 9.36. The summed E-state index contributed by atoms with van der Waals surface area (Å²) in [5, 5.41) is 9.36. The molecule has 0 amide bonds. The van der Waals surface area contributed by atoms with E-state index >= 15 is 0 Å². The Balaban J connectivity index is 3.51. The number of rotatable bonds is 5. The SMILES string of the molecule is CC(CN(C)C)OCC(C)(C)O. The topological polar surface area (TPSA) is 32.7 Å². The number of ether oxygens (including phenoxy) is 1. The lowest BCUT2D eigenvalue weighted by molar-refractivity contribution is -0.0526. The van der Waals surface area contributed by atoms with E-state index in [9.17, 15) is 5.11 Å². The first-order valence-electron chi connectivity index (χ1n) is 4.30. The minimum atomic E-state index is -0.722. The van der Waals surface area contributed by atoms with Crippen LogP contribution in [0.5, 0.6) is 0 Å². The third-order valence-corrected chi connectivity index (χ3v) is 1.34. The van der Waals surface area contributed by atoms with Gasteiger partial charge < -0.3 is 14.7 Å². The molecule has 3 heteroatoms. The van der Waals surface area contributed by atoms with E-state index in [1.807, 2.05) is 21.0 Å². The van der Waals surface area contributed by atoms with Gasteiger partial charge >= 0.3 is 0 Å². The van der Waals surface area contributed by atoms with Gasteiger partial charge in [-0.3, -0.25) is 0 Å². The van der Waals surface area contributed by atoms with Crippen LogP contribution >= 0.6 is 0 Å². The highest BCUT2D eigenvalue weighted by molar-refractivity contribution is 4.65. The highest BCUT2D eigenvalue weighted by Gasteiger charge is 2.14. The zero-order valence-electron chi connectivity index (χ0n) is 8.79. The predicted octanol–water partition coefficient (Wildman–Crippen LogP) is 0.724. The Morgan fingerprint density at radius 1 is 1.42 bits per heavy atom. The molecule has 0 aliphatic heterocycles. The van der Waals surface area contributed by atoms with Crippen LogP contribution in [0, 0.1) is 0 Å². The average Bonchev–Trinajstić information content (AvgIpc) is 1.80. The fourth-order valence-corrected chi connectivity index (χ4v) is 0.913. The van der Waals surface area contributed by atoms with Gasteiger partial charge in [-0.15, -0.1) is 0 Å². The van der Waals surface area contributed by atoms with Gasteiger partial charge in [0, 0.05) is 6.54 Å². The lowest BCUT2D eigenvalue weighted by Crippen LogP contribution is -2.32. The minimum absolute atomic E-state index is 0.173. The number of nitrogens with zero attached hydrogens (tertiary/aromatic N) is 1. The first-order valence-corrected chi connectivity index (χ1v) is 4.30. The van der Waals surface area contributed by atoms with Crippen molar-refractivity contribution in [3.05, 3.63) is 0 Å². The van der Waals surface area contributed by atoms with Crippen LogP contribution in [0.2, 0.25) is 0 Å². The Hall–Kier alpha value is -0.120. The molecule has 0 saturated carbocycles. The minimum Gasteiger partial charge on any atom is -0.388 e. The number of hydrogen-bond acceptors (Lipinski definition) is 3. The van der Waals surface area contributed by atoms with Crippen LogP contribution in [0.4, 0.5) is 0 Å². The second-order valence-electron chi connectivity index (χ2n) is 4.20. The molecule has 0 radical (unpaired) electrons. The maximum Gasteiger partial charge on any atom is 0.0824 e. The third-order valence-electron chi connectivity index (χ3n) is 1.34. The predicted molar refractivity (Wildman–Crippen MR) is 50.3 cm³/mol. The molecule has 74 valence electrons. The fraction of sp³-hybridized carbons (Fsp3) is 1.00. The molecule has 1 N–H and O–H groups in total. The van der Waals surface area contributed by atoms with Crippen molar-refractivity contribution in [2.24, 2.45) is 0 Å². The van der Waals surface area contributed by atoms with E-state index in [-0.39, 0.29) is 6.10 Å². The zero-order chi connectivity index (χ0) is 9.78. The van der Waals surface area contributed by atoms with Crippen LogP contribution in [0.3, 0.4) is 0 Å². The molecule has 0 bridgehead atoms. The molecule has 0 rings (SSSR count). The molecular formula is C9H21NO2. The van der Waals surface area contributed by atoms with Gasteiger partial charge in [-0.05, 0) is 34.9 Å². The van der Waals surface area contributed by atoms with Gasteiger partial charge in [-0.2, -0.15) is 0 Å². The molecule has 0 aliphatic rings. The van der Waals surface area contributed by atoms with Gasteiger partial charge in [-0.25, -0.2) is 0 Å². The molecular weight excluding hydrogens is 154 g/mol. The summed E-state index contributed by atoms with van der Waals surface area (Å²) in [7, 11) is 4.01. The lowest BCUT2D eigenvalue weighted by Gasteiger charge is -2.22. The quantitative estimate of drug-likeness (QED) is 0.668. The molecule has 0 fully saturated rings. The van der Waals surface area contributed by atoms with Crippen LogP contribution < -0.4 is 0 Å². The van der Waals surface area contributed by atoms with E-state index in [2.05, 4.69) is 4.90 Å². The molecule has 1 atom stereocenters. The third kappa shape index (κ3) is 7.98. The number of aliphatic hydroxyl groups is 1. The maximum atomic E-state index is 9.36. The molecule has 0 aromatic carbocycles. The monoisotopic (exact) mass is 175 g/mol. The second-order valence-corrected chi connectivity index (χ2v) is 4.20. The van der Waals surface area contributed by atoms with Crippen molar-refractivity contribution < 1.29 is 9.84 Å². The molecule has 0 aliphatic carbocycles. The molecule has 12 heavy (non-hydrogen) atoms. The van der Waals surface area contributed by atoms with E-state index < -0.39 is 5.60 Å². The summed E-state index contributed by atoms with van der Waals surface area (Å²) < 4.78 is 5.43. The molecule has 0 aromatic rings. The zero-order valence-corrected chi connectivity index (χ0v) is 8.79. The van der Waals surface area contributed by atoms with Gasteiger partial charge in [-0.1, -0.05) is 0 Å². The summed E-state index contributed by atoms with van der Waals surface area (Å²) in [6.07, 6.45) is 0.173. The average molecular weight is 175 g/mol. The Morgan fingerprint density at radius 2 is 1.92 bits per heavy atom. The van der Waals surface area contributed by atoms with E-state index in [1.54, 1.807) is 13.8 Å². The van der Waals surface area contributed by atoms with Gasteiger partial charge in [0.1, 0.15) is 0 Å². The Bertz CT molecular complexity index is 118. The van der Waals surface area contributed by atoms with Crippen molar-refractivity contribution in [2.75, 3.05) is 27.2 Å². The number of likely N-dealkylation sites (N-methyl/N-ethyl adjacent to an activating group) is 1. The lowest BCUT2D eigenvalue weighted by atomic mass is 10.2. The highest BCUT2D eigenvalue weighted by atomic mass is 16.5. The van der Waals surface area contributed by atoms with Crippen LogP contribution in [0.15, 0.2) is 0 Å². The van der Waals surface area contributed by atoms with E-state index in [0.717, 1.165) is 6.54 Å². The number of hydrogen-bond donors (Lipinski definition) is 1. The van der Waals surface area contributed by atoms with Gasteiger partial charge in [0.25, 0.3) is 0 Å². The first-order chi connectivity index (χ1) is 5.31. The largest absolute Gasteiger partial charge is 0.388 e. The van der Waals surface area contributed by atoms with E-state index in [0.29, 0.717) is 6.61 Å². The standard InChI is InChI=1S/C9H21NO2/c1-8(6-10(4)5)12-7-9(2,3)11/h8,11H,6-7H2,1-5H3.